The van der Waals surface area contributed by atoms with Crippen molar-refractivity contribution in [2.24, 2.45) is 0 Å². The van der Waals surface area contributed by atoms with Crippen molar-refractivity contribution in [2.45, 2.75) is 13.8 Å². The van der Waals surface area contributed by atoms with E-state index in [0.29, 0.717) is 0 Å². The molecule has 0 aromatic rings. The molecule has 0 bridgehead atoms. The van der Waals surface area contributed by atoms with E-state index in [9.17, 15) is 0 Å². The average molecular weight is 662 g/mol. The fraction of sp³-hybridized carbons (Fsp3) is 0.600. The Kier molecular flexibility index (Phi) is 61.9. The minimum absolute atomic E-state index is 0. The van der Waals surface area contributed by atoms with E-state index >= 15 is 0 Å². The molecule has 0 aliphatic carbocycles. The molecule has 0 heterocycles. The van der Waals surface area contributed by atoms with E-state index in [2.05, 4.69) is 17.7 Å². The standard InChI is InChI=1S/C5H12N2.U.V.W.Y/c1-5(2)7-4-6-3;;;;/h6-7H,3-4H2,1-2H3;;;;/q-2;;;;. The predicted molar refractivity (Wildman–Crippen MR) is 31.1 cm³/mol. The van der Waals surface area contributed by atoms with Crippen LogP contribution in [0.5, 0.6) is 0 Å². The van der Waals surface area contributed by atoms with E-state index in [0.717, 1.165) is 6.67 Å². The molecular formula is C5H12N2UVWY-2. The summed E-state index contributed by atoms with van der Waals surface area (Å²) in [6.45, 7) is 4.77. The van der Waals surface area contributed by atoms with Crippen LogP contribution in [0.3, 0.4) is 0 Å². The molecule has 2 radical (unpaired) electrons. The maximum absolute atomic E-state index is 3.43. The summed E-state index contributed by atoms with van der Waals surface area (Å²) in [5.74, 6) is 0. The second-order valence-electron chi connectivity index (χ2n) is 1.60. The summed E-state index contributed by atoms with van der Waals surface area (Å²) >= 11 is 0. The molecule has 0 fully saturated rings. The zero-order valence-corrected chi connectivity index (χ0v) is 18.2. The second-order valence-corrected chi connectivity index (χ2v) is 1.60. The first-order valence-corrected chi connectivity index (χ1v) is 2.31. The second kappa shape index (κ2) is 23.3. The van der Waals surface area contributed by atoms with E-state index in [1.807, 2.05) is 13.8 Å². The summed E-state index contributed by atoms with van der Waals surface area (Å²) in [4.78, 5) is 0. The van der Waals surface area contributed by atoms with Crippen LogP contribution >= 0.6 is 0 Å². The molecule has 0 spiro atoms. The molecule has 2 N–H and O–H groups in total. The first-order chi connectivity index (χ1) is 3.27. The Hall–Kier alpha value is 3.35. The van der Waals surface area contributed by atoms with Gasteiger partial charge in [-0.3, -0.25) is 13.1 Å². The fourth-order valence-electron chi connectivity index (χ4n) is 0.239. The maximum Gasteiger partial charge on any atom is 0 e. The van der Waals surface area contributed by atoms with Crippen molar-refractivity contribution in [3.8, 4) is 0 Å². The minimum atomic E-state index is 0. The zero-order chi connectivity index (χ0) is 5.70. The monoisotopic (exact) mass is 662 g/mol. The largest absolute Gasteiger partial charge is 0.463 e. The fourth-order valence-corrected chi connectivity index (χ4v) is 0.239. The molecule has 0 aliphatic heterocycles. The Morgan fingerprint density at radius 2 is 1.73 bits per heavy atom. The Labute approximate surface area is 145 Å². The molecule has 6 heteroatoms. The van der Waals surface area contributed by atoms with Crippen molar-refractivity contribution in [3.05, 3.63) is 13.1 Å². The van der Waals surface area contributed by atoms with Crippen LogP contribution < -0.4 is 10.6 Å². The molecule has 0 aromatic carbocycles. The van der Waals surface area contributed by atoms with Crippen LogP contribution in [-0.4, -0.2) is 6.67 Å². The van der Waals surface area contributed by atoms with Crippen LogP contribution in [0.15, 0.2) is 0 Å². The van der Waals surface area contributed by atoms with Crippen LogP contribution in [0.4, 0.5) is 0 Å². The van der Waals surface area contributed by atoms with Gasteiger partial charge in [-0.1, -0.05) is 0 Å². The van der Waals surface area contributed by atoms with Gasteiger partial charge in [0.15, 0.2) is 0 Å². The zero-order valence-electron chi connectivity index (χ0n) is 6.85. The van der Waals surface area contributed by atoms with Crippen LogP contribution in [-0.2, 0) is 72.3 Å². The van der Waals surface area contributed by atoms with Gasteiger partial charge < -0.3 is 10.6 Å². The van der Waals surface area contributed by atoms with Gasteiger partial charge in [0.25, 0.3) is 0 Å². The summed E-state index contributed by atoms with van der Waals surface area (Å²) in [6.07, 6.45) is 0. The SMILES string of the molecule is [CH2-]NCN[C-](C)C.[U].[V].[W].[Y]. The van der Waals surface area contributed by atoms with Gasteiger partial charge in [0.1, 0.15) is 0 Å². The molecule has 0 amide bonds. The van der Waals surface area contributed by atoms with E-state index in [4.69, 9.17) is 0 Å². The summed E-state index contributed by atoms with van der Waals surface area (Å²) < 4.78 is 0. The van der Waals surface area contributed by atoms with Crippen LogP contribution in [0.25, 0.3) is 0 Å². The van der Waals surface area contributed by atoms with Gasteiger partial charge in [-0.05, 0) is 6.67 Å². The first-order valence-electron chi connectivity index (χ1n) is 2.31. The van der Waals surface area contributed by atoms with Crippen LogP contribution in [0.2, 0.25) is 0 Å². The summed E-state index contributed by atoms with van der Waals surface area (Å²) in [5.41, 5.74) is 0. The van der Waals surface area contributed by atoms with Crippen molar-refractivity contribution in [1.29, 1.82) is 0 Å². The Balaban J connectivity index is -0.0000000300. The van der Waals surface area contributed by atoms with Crippen molar-refractivity contribution in [1.82, 2.24) is 10.6 Å². The molecule has 0 atom stereocenters. The minimum Gasteiger partial charge on any atom is -0.463 e. The van der Waals surface area contributed by atoms with E-state index in [1.165, 1.54) is 6.04 Å². The van der Waals surface area contributed by atoms with Gasteiger partial charge in [-0.2, -0.15) is 13.8 Å². The van der Waals surface area contributed by atoms with E-state index < -0.39 is 0 Å². The normalized spacial score (nSPS) is 6.55. The number of hydrogen-bond acceptors (Lipinski definition) is 2. The molecule has 62 valence electrons. The summed E-state index contributed by atoms with van der Waals surface area (Å²) in [6, 6.07) is 1.20. The molecule has 0 unspecified atom stereocenters. The van der Waals surface area contributed by atoms with Crippen molar-refractivity contribution < 1.29 is 103 Å². The van der Waals surface area contributed by atoms with Crippen LogP contribution in [0, 0.1) is 44.2 Å². The topological polar surface area (TPSA) is 24.1 Å². The van der Waals surface area contributed by atoms with Crippen molar-refractivity contribution in [2.75, 3.05) is 6.67 Å². The molecule has 0 rings (SSSR count). The Morgan fingerprint density at radius 3 is 1.82 bits per heavy atom. The molecular weight excluding hydrogens is 650 g/mol. The maximum atomic E-state index is 3.43. The Bertz CT molecular complexity index is 53.5. The summed E-state index contributed by atoms with van der Waals surface area (Å²) in [5, 5.41) is 5.76. The third kappa shape index (κ3) is 31.8. The quantitative estimate of drug-likeness (QED) is 0.340. The van der Waals surface area contributed by atoms with E-state index in [1.54, 1.807) is 0 Å². The summed E-state index contributed by atoms with van der Waals surface area (Å²) in [7, 11) is 3.43. The van der Waals surface area contributed by atoms with Crippen molar-refractivity contribution in [3.63, 3.8) is 0 Å². The third-order valence-corrected chi connectivity index (χ3v) is 0.567. The smallest absolute Gasteiger partial charge is 0 e. The first kappa shape index (κ1) is 29.3. The van der Waals surface area contributed by atoms with Gasteiger partial charge in [-0.25, -0.2) is 0 Å². The Morgan fingerprint density at radius 1 is 1.36 bits per heavy atom. The van der Waals surface area contributed by atoms with Gasteiger partial charge in [0.05, 0.1) is 0 Å². The average Bonchev–Trinajstić information content (AvgIpc) is 1.61. The number of hydrogen-bond donors (Lipinski definition) is 2. The van der Waals surface area contributed by atoms with Crippen molar-refractivity contribution >= 4 is 0 Å². The third-order valence-electron chi connectivity index (χ3n) is 0.567. The number of nitrogens with one attached hydrogen (secondary N) is 2. The van der Waals surface area contributed by atoms with E-state index in [-0.39, 0.29) is 103 Å². The molecule has 0 saturated heterocycles. The van der Waals surface area contributed by atoms with Crippen LogP contribution in [0.1, 0.15) is 13.8 Å². The van der Waals surface area contributed by atoms with Gasteiger partial charge in [-0.15, -0.1) is 0 Å². The predicted octanol–water partition coefficient (Wildman–Crippen LogP) is 0.479. The van der Waals surface area contributed by atoms with Gasteiger partial charge in [0, 0.05) is 103 Å². The molecule has 0 aliphatic rings. The van der Waals surface area contributed by atoms with Gasteiger partial charge >= 0.3 is 0 Å². The molecule has 11 heavy (non-hydrogen) atoms. The van der Waals surface area contributed by atoms with Gasteiger partial charge in [0.2, 0.25) is 0 Å². The molecule has 0 aromatic heterocycles. The molecule has 2 nitrogen and oxygen atoms in total. The number of rotatable bonds is 3. The molecule has 0 saturated carbocycles.